The first-order chi connectivity index (χ1) is 13.0. The van der Waals surface area contributed by atoms with Crippen molar-refractivity contribution in [1.29, 1.82) is 0 Å². The number of allylic oxidation sites excluding steroid dienone is 1. The monoisotopic (exact) mass is 508 g/mol. The Morgan fingerprint density at radius 2 is 2.07 bits per heavy atom. The molecule has 2 aliphatic heterocycles. The molecule has 4 N–H and O–H groups in total. The van der Waals surface area contributed by atoms with E-state index in [2.05, 4.69) is 17.6 Å². The molecule has 2 rings (SSSR count). The Morgan fingerprint density at radius 3 is 2.78 bits per heavy atom. The summed E-state index contributed by atoms with van der Waals surface area (Å²) in [5.74, 6) is 0.697. The number of rotatable bonds is 10. The second-order valence-corrected chi connectivity index (χ2v) is 8.93. The standard InChI is InChI=1S/C18H29IN4O3S/c1-2-3-4-8-14(20)23(16(25)10-19)15(24)9-6-5-7-13-17-12(11-27-13)21-18(26)22-17/h8,12-13,17H,2-7,9-11,20H2,1H3,(H2,21,22,26)/t12-,13-,17-/m0/s1. The van der Waals surface area contributed by atoms with Crippen LogP contribution >= 0.6 is 34.4 Å². The van der Waals surface area contributed by atoms with Crippen LogP contribution in [0.5, 0.6) is 0 Å². The molecule has 0 bridgehead atoms. The van der Waals surface area contributed by atoms with Crippen LogP contribution in [0.3, 0.4) is 0 Å². The third-order valence-electron chi connectivity index (χ3n) is 4.85. The van der Waals surface area contributed by atoms with E-state index >= 15 is 0 Å². The molecule has 0 aromatic heterocycles. The van der Waals surface area contributed by atoms with Crippen molar-refractivity contribution >= 4 is 52.2 Å². The molecule has 2 saturated heterocycles. The van der Waals surface area contributed by atoms with Crippen molar-refractivity contribution in [2.45, 2.75) is 69.2 Å². The molecule has 4 amide bonds. The largest absolute Gasteiger partial charge is 0.385 e. The minimum absolute atomic E-state index is 0.0798. The summed E-state index contributed by atoms with van der Waals surface area (Å²) in [7, 11) is 0. The van der Waals surface area contributed by atoms with Crippen LogP contribution in [0, 0.1) is 0 Å². The van der Waals surface area contributed by atoms with Crippen LogP contribution in [-0.2, 0) is 9.59 Å². The first-order valence-corrected chi connectivity index (χ1v) is 12.1. The van der Waals surface area contributed by atoms with E-state index in [0.717, 1.165) is 42.8 Å². The number of nitrogens with one attached hydrogen (secondary N) is 2. The first kappa shape index (κ1) is 22.3. The number of amides is 4. The summed E-state index contributed by atoms with van der Waals surface area (Å²) in [5.41, 5.74) is 6.00. The van der Waals surface area contributed by atoms with E-state index in [1.807, 2.05) is 34.4 Å². The van der Waals surface area contributed by atoms with Gasteiger partial charge in [-0.2, -0.15) is 11.8 Å². The van der Waals surface area contributed by atoms with Crippen LogP contribution in [0.25, 0.3) is 0 Å². The van der Waals surface area contributed by atoms with Crippen molar-refractivity contribution in [2.24, 2.45) is 5.73 Å². The molecule has 2 heterocycles. The molecule has 0 saturated carbocycles. The molecule has 0 unspecified atom stereocenters. The van der Waals surface area contributed by atoms with Crippen LogP contribution in [0.2, 0.25) is 0 Å². The number of thioether (sulfide) groups is 1. The first-order valence-electron chi connectivity index (χ1n) is 9.54. The summed E-state index contributed by atoms with van der Waals surface area (Å²) < 4.78 is 0.223. The van der Waals surface area contributed by atoms with E-state index in [4.69, 9.17) is 5.73 Å². The van der Waals surface area contributed by atoms with Crippen molar-refractivity contribution < 1.29 is 14.4 Å². The van der Waals surface area contributed by atoms with Crippen molar-refractivity contribution in [3.05, 3.63) is 11.9 Å². The zero-order valence-corrected chi connectivity index (χ0v) is 18.7. The highest BCUT2D eigenvalue weighted by Crippen LogP contribution is 2.33. The van der Waals surface area contributed by atoms with Gasteiger partial charge in [-0.15, -0.1) is 0 Å². The smallest absolute Gasteiger partial charge is 0.315 e. The number of halogens is 1. The third kappa shape index (κ3) is 6.27. The minimum atomic E-state index is -0.264. The molecule has 9 heteroatoms. The lowest BCUT2D eigenvalue weighted by Gasteiger charge is -2.21. The van der Waals surface area contributed by atoms with Gasteiger partial charge in [0.1, 0.15) is 5.82 Å². The van der Waals surface area contributed by atoms with Gasteiger partial charge in [0.05, 0.1) is 16.5 Å². The summed E-state index contributed by atoms with van der Waals surface area (Å²) in [6, 6.07) is 0.329. The van der Waals surface area contributed by atoms with Crippen molar-refractivity contribution in [3.8, 4) is 0 Å². The van der Waals surface area contributed by atoms with Gasteiger partial charge in [-0.3, -0.25) is 9.59 Å². The Labute approximate surface area is 178 Å². The molecule has 0 aromatic carbocycles. The van der Waals surface area contributed by atoms with Gasteiger partial charge in [0.25, 0.3) is 0 Å². The van der Waals surface area contributed by atoms with E-state index in [0.29, 0.717) is 18.1 Å². The van der Waals surface area contributed by atoms with E-state index < -0.39 is 0 Å². The van der Waals surface area contributed by atoms with Gasteiger partial charge < -0.3 is 16.4 Å². The van der Waals surface area contributed by atoms with Crippen LogP contribution in [0.15, 0.2) is 11.9 Å². The number of nitrogens with zero attached hydrogens (tertiary/aromatic N) is 1. The Balaban J connectivity index is 1.78. The molecule has 0 spiro atoms. The molecular formula is C18H29IN4O3S. The maximum Gasteiger partial charge on any atom is 0.315 e. The van der Waals surface area contributed by atoms with E-state index in [1.165, 1.54) is 0 Å². The van der Waals surface area contributed by atoms with Gasteiger partial charge in [-0.1, -0.05) is 42.4 Å². The van der Waals surface area contributed by atoms with Crippen molar-refractivity contribution in [2.75, 3.05) is 10.2 Å². The van der Waals surface area contributed by atoms with E-state index in [9.17, 15) is 14.4 Å². The Morgan fingerprint density at radius 1 is 1.30 bits per heavy atom. The molecule has 27 heavy (non-hydrogen) atoms. The summed E-state index contributed by atoms with van der Waals surface area (Å²) in [5, 5.41) is 6.30. The van der Waals surface area contributed by atoms with Gasteiger partial charge in [0, 0.05) is 17.4 Å². The van der Waals surface area contributed by atoms with Gasteiger partial charge in [0.15, 0.2) is 0 Å². The van der Waals surface area contributed by atoms with Crippen molar-refractivity contribution in [3.63, 3.8) is 0 Å². The normalized spacial score (nSPS) is 24.3. The molecule has 2 fully saturated rings. The highest BCUT2D eigenvalue weighted by molar-refractivity contribution is 14.1. The highest BCUT2D eigenvalue weighted by Gasteiger charge is 2.42. The van der Waals surface area contributed by atoms with Gasteiger partial charge in [-0.05, 0) is 31.8 Å². The topological polar surface area (TPSA) is 105 Å². The summed E-state index contributed by atoms with van der Waals surface area (Å²) >= 11 is 3.83. The quantitative estimate of drug-likeness (QED) is 0.182. The highest BCUT2D eigenvalue weighted by atomic mass is 127. The predicted octanol–water partition coefficient (Wildman–Crippen LogP) is 2.49. The summed E-state index contributed by atoms with van der Waals surface area (Å²) in [4.78, 5) is 37.3. The van der Waals surface area contributed by atoms with E-state index in [1.54, 1.807) is 6.08 Å². The second kappa shape index (κ2) is 11.1. The Kier molecular flexibility index (Phi) is 9.20. The van der Waals surface area contributed by atoms with Crippen LogP contribution in [0.1, 0.15) is 51.9 Å². The number of carbonyl (C=O) groups excluding carboxylic acids is 3. The summed E-state index contributed by atoms with van der Waals surface area (Å²) in [6.07, 6.45) is 7.40. The maximum atomic E-state index is 12.5. The number of hydrogen-bond acceptors (Lipinski definition) is 5. The Hall–Kier alpha value is -0.970. The maximum absolute atomic E-state index is 12.5. The summed E-state index contributed by atoms with van der Waals surface area (Å²) in [6.45, 7) is 2.08. The number of urea groups is 1. The lowest BCUT2D eigenvalue weighted by atomic mass is 10.0. The molecule has 3 atom stereocenters. The number of unbranched alkanes of at least 4 members (excludes halogenated alkanes) is 3. The van der Waals surface area contributed by atoms with Crippen molar-refractivity contribution in [1.82, 2.24) is 15.5 Å². The number of fused-ring (bicyclic) bond motifs is 1. The van der Waals surface area contributed by atoms with Gasteiger partial charge in [-0.25, -0.2) is 9.69 Å². The number of alkyl halides is 1. The SMILES string of the molecule is CCCCC=C(N)N(C(=O)CI)C(=O)CCCC[C@@H]1SC[C@@H]2NC(=O)N[C@@H]21. The molecule has 0 aliphatic carbocycles. The van der Waals surface area contributed by atoms with Crippen LogP contribution in [-0.4, -0.2) is 50.3 Å². The van der Waals surface area contributed by atoms with Crippen LogP contribution < -0.4 is 16.4 Å². The zero-order valence-electron chi connectivity index (χ0n) is 15.7. The number of imide groups is 1. The molecule has 2 aliphatic rings. The lowest BCUT2D eigenvalue weighted by Crippen LogP contribution is -2.40. The van der Waals surface area contributed by atoms with Gasteiger partial charge >= 0.3 is 6.03 Å². The predicted molar refractivity (Wildman–Crippen MR) is 116 cm³/mol. The molecule has 0 aromatic rings. The number of hydrogen-bond donors (Lipinski definition) is 3. The molecule has 152 valence electrons. The van der Waals surface area contributed by atoms with E-state index in [-0.39, 0.29) is 40.2 Å². The Bertz CT molecular complexity index is 587. The number of carbonyl (C=O) groups is 3. The fourth-order valence-corrected chi connectivity index (χ4v) is 5.29. The molecule has 0 radical (unpaired) electrons. The zero-order chi connectivity index (χ0) is 19.8. The molecule has 7 nitrogen and oxygen atoms in total. The third-order valence-corrected chi connectivity index (χ3v) is 7.01. The average molecular weight is 508 g/mol. The van der Waals surface area contributed by atoms with Crippen LogP contribution in [0.4, 0.5) is 4.79 Å². The average Bonchev–Trinajstić information content (AvgIpc) is 3.18. The van der Waals surface area contributed by atoms with Gasteiger partial charge in [0.2, 0.25) is 11.8 Å². The second-order valence-electron chi connectivity index (χ2n) is 6.90. The molecular weight excluding hydrogens is 479 g/mol. The fraction of sp³-hybridized carbons (Fsp3) is 0.722. The minimum Gasteiger partial charge on any atom is -0.385 e. The fourth-order valence-electron chi connectivity index (χ4n) is 3.41. The number of nitrogens with two attached hydrogens (primary N) is 1. The lowest BCUT2D eigenvalue weighted by molar-refractivity contribution is -0.140.